The number of hydrogen-bond acceptors (Lipinski definition) is 6. The minimum Gasteiger partial charge on any atom is -0.756 e. The first-order chi connectivity index (χ1) is 26.5. The third-order valence-electron chi connectivity index (χ3n) is 11.1. The van der Waals surface area contributed by atoms with E-state index in [0.717, 1.165) is 38.5 Å². The van der Waals surface area contributed by atoms with Crippen molar-refractivity contribution in [2.24, 2.45) is 0 Å². The van der Waals surface area contributed by atoms with Crippen LogP contribution in [-0.4, -0.2) is 68.5 Å². The summed E-state index contributed by atoms with van der Waals surface area (Å²) in [6.45, 7) is 4.73. The summed E-state index contributed by atoms with van der Waals surface area (Å²) < 4.78 is 23.3. The number of nitrogens with one attached hydrogen (secondary N) is 1. The summed E-state index contributed by atoms with van der Waals surface area (Å²) in [6, 6.07) is -0.792. The van der Waals surface area contributed by atoms with Gasteiger partial charge in [0, 0.05) is 6.42 Å². The zero-order valence-electron chi connectivity index (χ0n) is 37.4. The van der Waals surface area contributed by atoms with Gasteiger partial charge in [0.1, 0.15) is 13.2 Å². The Bertz CT molecular complexity index is 870. The van der Waals surface area contributed by atoms with Crippen LogP contribution >= 0.6 is 7.82 Å². The molecular formula is C46H95N2O6P. The Balaban J connectivity index is 4.16. The number of nitrogens with zero attached hydrogens (tertiary/aromatic N) is 1. The molecule has 0 heterocycles. The second kappa shape index (κ2) is 39.0. The fourth-order valence-corrected chi connectivity index (χ4v) is 8.00. The number of carbonyl (C=O) groups excluding carboxylic acids is 1. The summed E-state index contributed by atoms with van der Waals surface area (Å²) in [5.74, 6) is -0.161. The number of amides is 1. The second-order valence-electron chi connectivity index (χ2n) is 17.8. The molecule has 8 nitrogen and oxygen atoms in total. The number of hydrogen-bond donors (Lipinski definition) is 2. The summed E-state index contributed by atoms with van der Waals surface area (Å²) in [4.78, 5) is 25.3. The smallest absolute Gasteiger partial charge is 0.268 e. The van der Waals surface area contributed by atoms with Crippen molar-refractivity contribution in [2.75, 3.05) is 40.9 Å². The summed E-state index contributed by atoms with van der Waals surface area (Å²) in [5, 5.41) is 13.9. The molecular weight excluding hydrogens is 707 g/mol. The molecule has 9 heteroatoms. The van der Waals surface area contributed by atoms with E-state index in [1.165, 1.54) is 173 Å². The minimum absolute atomic E-state index is 0.0160. The largest absolute Gasteiger partial charge is 0.756 e. The second-order valence-corrected chi connectivity index (χ2v) is 19.2. The van der Waals surface area contributed by atoms with Crippen LogP contribution in [0.5, 0.6) is 0 Å². The Morgan fingerprint density at radius 3 is 1.24 bits per heavy atom. The number of aliphatic hydroxyl groups excluding tert-OH is 1. The Morgan fingerprint density at radius 1 is 0.564 bits per heavy atom. The van der Waals surface area contributed by atoms with E-state index in [2.05, 4.69) is 19.2 Å². The van der Waals surface area contributed by atoms with Gasteiger partial charge in [0.25, 0.3) is 7.82 Å². The van der Waals surface area contributed by atoms with Crippen molar-refractivity contribution < 1.29 is 32.9 Å². The van der Waals surface area contributed by atoms with Crippen LogP contribution in [0.4, 0.5) is 0 Å². The van der Waals surface area contributed by atoms with Gasteiger partial charge in [-0.05, 0) is 12.8 Å². The highest BCUT2D eigenvalue weighted by atomic mass is 31.2. The molecule has 0 fully saturated rings. The number of rotatable bonds is 44. The molecule has 0 saturated carbocycles. The van der Waals surface area contributed by atoms with E-state index < -0.39 is 20.0 Å². The molecule has 0 spiro atoms. The maximum absolute atomic E-state index is 12.9. The SMILES string of the molecule is CCCCCCCCCCCCCCCCCCCCCCCCC(=O)N[C@@H](COP(=O)([O-])OCC[N+](C)(C)C)[C@H](O)CCCCCCCCCCCCC. The third kappa shape index (κ3) is 41.5. The van der Waals surface area contributed by atoms with Gasteiger partial charge in [0.15, 0.2) is 0 Å². The van der Waals surface area contributed by atoms with Crippen molar-refractivity contribution >= 4 is 13.7 Å². The monoisotopic (exact) mass is 803 g/mol. The van der Waals surface area contributed by atoms with Crippen LogP contribution in [0.2, 0.25) is 0 Å². The zero-order chi connectivity index (χ0) is 40.7. The van der Waals surface area contributed by atoms with Crippen LogP contribution in [0.25, 0.3) is 0 Å². The number of unbranched alkanes of at least 4 members (excludes halogenated alkanes) is 31. The lowest BCUT2D eigenvalue weighted by molar-refractivity contribution is -0.870. The molecule has 330 valence electrons. The maximum atomic E-state index is 12.9. The summed E-state index contributed by atoms with van der Waals surface area (Å²) >= 11 is 0. The first-order valence-corrected chi connectivity index (χ1v) is 25.3. The molecule has 0 radical (unpaired) electrons. The summed E-state index contributed by atoms with van der Waals surface area (Å²) in [5.41, 5.74) is 0. The fraction of sp³-hybridized carbons (Fsp3) is 0.978. The van der Waals surface area contributed by atoms with E-state index >= 15 is 0 Å². The van der Waals surface area contributed by atoms with Crippen LogP contribution in [-0.2, 0) is 18.4 Å². The average molecular weight is 803 g/mol. The fourth-order valence-electron chi connectivity index (χ4n) is 7.28. The van der Waals surface area contributed by atoms with E-state index in [1.807, 2.05) is 21.1 Å². The number of carbonyl (C=O) groups is 1. The van der Waals surface area contributed by atoms with Crippen molar-refractivity contribution in [3.05, 3.63) is 0 Å². The third-order valence-corrected chi connectivity index (χ3v) is 12.1. The van der Waals surface area contributed by atoms with Crippen molar-refractivity contribution in [3.63, 3.8) is 0 Å². The predicted octanol–water partition coefficient (Wildman–Crippen LogP) is 12.7. The molecule has 55 heavy (non-hydrogen) atoms. The number of likely N-dealkylation sites (N-methyl/N-ethyl adjacent to an activating group) is 1. The van der Waals surface area contributed by atoms with Gasteiger partial charge < -0.3 is 28.8 Å². The quantitative estimate of drug-likeness (QED) is 0.0361. The van der Waals surface area contributed by atoms with Gasteiger partial charge in [-0.2, -0.15) is 0 Å². The highest BCUT2D eigenvalue weighted by Crippen LogP contribution is 2.38. The van der Waals surface area contributed by atoms with Crippen LogP contribution < -0.4 is 10.2 Å². The molecule has 0 bridgehead atoms. The van der Waals surface area contributed by atoms with Gasteiger partial charge in [0.05, 0.1) is 39.9 Å². The van der Waals surface area contributed by atoms with E-state index in [1.54, 1.807) is 0 Å². The van der Waals surface area contributed by atoms with Crippen LogP contribution in [0.1, 0.15) is 239 Å². The Hall–Kier alpha value is -0.500. The number of aliphatic hydroxyl groups is 1. The lowest BCUT2D eigenvalue weighted by Crippen LogP contribution is -2.46. The predicted molar refractivity (Wildman–Crippen MR) is 233 cm³/mol. The molecule has 0 aliphatic rings. The molecule has 0 aliphatic heterocycles. The standard InChI is InChI=1S/C46H95N2O6P/c1-6-8-10-12-14-16-18-19-20-21-22-23-24-25-26-27-28-30-32-34-36-38-40-46(50)47-44(43-54-55(51,52)53-42-41-48(3,4)5)45(49)39-37-35-33-31-29-17-15-13-11-9-7-2/h44-45,49H,6-43H2,1-5H3,(H-,47,50,51,52)/t44-,45+/m0/s1. The molecule has 0 rings (SSSR count). The average Bonchev–Trinajstić information content (AvgIpc) is 3.13. The van der Waals surface area contributed by atoms with Gasteiger partial charge in [0.2, 0.25) is 5.91 Å². The summed E-state index contributed by atoms with van der Waals surface area (Å²) in [6.07, 6.45) is 42.6. The Morgan fingerprint density at radius 2 is 0.891 bits per heavy atom. The molecule has 0 saturated heterocycles. The zero-order valence-corrected chi connectivity index (χ0v) is 38.3. The first-order valence-electron chi connectivity index (χ1n) is 23.9. The van der Waals surface area contributed by atoms with Crippen LogP contribution in [0, 0.1) is 0 Å². The lowest BCUT2D eigenvalue weighted by Gasteiger charge is -2.30. The van der Waals surface area contributed by atoms with Gasteiger partial charge in [-0.25, -0.2) is 0 Å². The van der Waals surface area contributed by atoms with E-state index in [-0.39, 0.29) is 19.1 Å². The van der Waals surface area contributed by atoms with Gasteiger partial charge in [-0.1, -0.05) is 219 Å². The lowest BCUT2D eigenvalue weighted by atomic mass is 10.0. The Kier molecular flexibility index (Phi) is 38.6. The topological polar surface area (TPSA) is 108 Å². The van der Waals surface area contributed by atoms with Crippen molar-refractivity contribution in [3.8, 4) is 0 Å². The molecule has 0 aromatic rings. The van der Waals surface area contributed by atoms with Crippen LogP contribution in [0.15, 0.2) is 0 Å². The van der Waals surface area contributed by atoms with Crippen molar-refractivity contribution in [2.45, 2.75) is 251 Å². The van der Waals surface area contributed by atoms with Crippen molar-refractivity contribution in [1.29, 1.82) is 0 Å². The van der Waals surface area contributed by atoms with Gasteiger partial charge in [-0.15, -0.1) is 0 Å². The maximum Gasteiger partial charge on any atom is 0.268 e. The number of phosphoric ester groups is 1. The van der Waals surface area contributed by atoms with E-state index in [9.17, 15) is 19.4 Å². The Labute approximate surface area is 342 Å². The van der Waals surface area contributed by atoms with Gasteiger partial charge >= 0.3 is 0 Å². The molecule has 1 amide bonds. The molecule has 2 N–H and O–H groups in total. The molecule has 0 aromatic carbocycles. The van der Waals surface area contributed by atoms with E-state index in [0.29, 0.717) is 23.9 Å². The number of phosphoric acid groups is 1. The molecule has 3 atom stereocenters. The highest BCUT2D eigenvalue weighted by molar-refractivity contribution is 7.45. The molecule has 0 aromatic heterocycles. The minimum atomic E-state index is -4.55. The molecule has 1 unspecified atom stereocenters. The summed E-state index contributed by atoms with van der Waals surface area (Å²) in [7, 11) is 1.32. The van der Waals surface area contributed by atoms with E-state index in [4.69, 9.17) is 9.05 Å². The highest BCUT2D eigenvalue weighted by Gasteiger charge is 2.24. The van der Waals surface area contributed by atoms with Gasteiger partial charge in [-0.3, -0.25) is 9.36 Å². The normalized spacial score (nSPS) is 14.2. The molecule has 0 aliphatic carbocycles. The number of quaternary nitrogens is 1. The van der Waals surface area contributed by atoms with Crippen molar-refractivity contribution in [1.82, 2.24) is 5.32 Å². The first kappa shape index (κ1) is 54.5. The van der Waals surface area contributed by atoms with Crippen LogP contribution in [0.3, 0.4) is 0 Å².